The number of aromatic nitrogens is 2. The van der Waals surface area contributed by atoms with E-state index in [2.05, 4.69) is 27.1 Å². The fraction of sp³-hybridized carbons (Fsp3) is 0.467. The predicted molar refractivity (Wildman–Crippen MR) is 82.7 cm³/mol. The molecule has 2 aromatic rings. The van der Waals surface area contributed by atoms with Crippen molar-refractivity contribution in [2.24, 2.45) is 5.92 Å². The number of nitrogens with two attached hydrogens (primary N) is 1. The smallest absolute Gasteiger partial charge is 0.169 e. The van der Waals surface area contributed by atoms with Crippen LogP contribution in [0.15, 0.2) is 24.3 Å². The van der Waals surface area contributed by atoms with Crippen LogP contribution >= 0.6 is 0 Å². The number of likely N-dealkylation sites (tertiary alicyclic amines) is 1. The van der Waals surface area contributed by atoms with E-state index in [1.165, 1.54) is 13.0 Å². The first kappa shape index (κ1) is 13.1. The van der Waals surface area contributed by atoms with Crippen LogP contribution in [0.1, 0.15) is 13.3 Å². The minimum Gasteiger partial charge on any atom is -0.381 e. The molecule has 1 aliphatic heterocycles. The van der Waals surface area contributed by atoms with Crippen molar-refractivity contribution in [1.82, 2.24) is 14.9 Å². The van der Waals surface area contributed by atoms with Crippen molar-refractivity contribution in [1.29, 1.82) is 0 Å². The summed E-state index contributed by atoms with van der Waals surface area (Å²) in [6.07, 6.45) is 1.24. The molecule has 1 fully saturated rings. The first-order valence-corrected chi connectivity index (χ1v) is 7.24. The van der Waals surface area contributed by atoms with Crippen molar-refractivity contribution in [3.63, 3.8) is 0 Å². The molecule has 20 heavy (non-hydrogen) atoms. The molecule has 0 amide bonds. The van der Waals surface area contributed by atoms with E-state index in [4.69, 9.17) is 5.73 Å². The summed E-state index contributed by atoms with van der Waals surface area (Å²) >= 11 is 0. The number of nitrogens with one attached hydrogen (secondary N) is 1. The Balaban J connectivity index is 1.70. The fourth-order valence-corrected chi connectivity index (χ4v) is 2.75. The van der Waals surface area contributed by atoms with Crippen LogP contribution in [0.2, 0.25) is 0 Å². The lowest BCUT2D eigenvalue weighted by molar-refractivity contribution is 0.345. The van der Waals surface area contributed by atoms with Gasteiger partial charge in [-0.15, -0.1) is 0 Å². The van der Waals surface area contributed by atoms with Crippen LogP contribution < -0.4 is 11.1 Å². The molecule has 2 heterocycles. The Morgan fingerprint density at radius 1 is 1.30 bits per heavy atom. The van der Waals surface area contributed by atoms with Gasteiger partial charge in [-0.1, -0.05) is 19.1 Å². The number of benzene rings is 1. The van der Waals surface area contributed by atoms with Crippen molar-refractivity contribution in [2.75, 3.05) is 37.2 Å². The van der Waals surface area contributed by atoms with E-state index < -0.39 is 0 Å². The van der Waals surface area contributed by atoms with E-state index in [1.807, 2.05) is 24.3 Å². The molecule has 0 radical (unpaired) electrons. The Labute approximate surface area is 119 Å². The molecule has 1 saturated heterocycles. The van der Waals surface area contributed by atoms with Gasteiger partial charge in [0, 0.05) is 13.1 Å². The van der Waals surface area contributed by atoms with Crippen LogP contribution in [0, 0.1) is 5.92 Å². The highest BCUT2D eigenvalue weighted by molar-refractivity contribution is 5.79. The lowest BCUT2D eigenvalue weighted by atomic mass is 10.1. The first-order valence-electron chi connectivity index (χ1n) is 7.24. The van der Waals surface area contributed by atoms with E-state index >= 15 is 0 Å². The summed E-state index contributed by atoms with van der Waals surface area (Å²) in [6.45, 7) is 6.61. The van der Waals surface area contributed by atoms with Gasteiger partial charge in [0.15, 0.2) is 11.6 Å². The Morgan fingerprint density at radius 3 is 2.75 bits per heavy atom. The zero-order valence-corrected chi connectivity index (χ0v) is 11.8. The van der Waals surface area contributed by atoms with Gasteiger partial charge in [0.25, 0.3) is 0 Å². The Kier molecular flexibility index (Phi) is 3.69. The highest BCUT2D eigenvalue weighted by Gasteiger charge is 2.21. The lowest BCUT2D eigenvalue weighted by Gasteiger charge is -2.15. The maximum absolute atomic E-state index is 5.98. The number of rotatable bonds is 4. The highest BCUT2D eigenvalue weighted by atomic mass is 15.1. The number of anilines is 2. The summed E-state index contributed by atoms with van der Waals surface area (Å²) in [4.78, 5) is 11.4. The third-order valence-electron chi connectivity index (χ3n) is 3.97. The second kappa shape index (κ2) is 5.63. The van der Waals surface area contributed by atoms with Gasteiger partial charge in [-0.25, -0.2) is 9.97 Å². The Bertz CT molecular complexity index is 598. The quantitative estimate of drug-likeness (QED) is 0.890. The van der Waals surface area contributed by atoms with Gasteiger partial charge in [0.2, 0.25) is 0 Å². The molecule has 3 rings (SSSR count). The normalized spacial score (nSPS) is 19.6. The van der Waals surface area contributed by atoms with Gasteiger partial charge < -0.3 is 16.0 Å². The number of hydrogen-bond acceptors (Lipinski definition) is 5. The molecule has 0 spiro atoms. The molecule has 0 aliphatic carbocycles. The van der Waals surface area contributed by atoms with Crippen LogP contribution in [0.25, 0.3) is 11.0 Å². The average Bonchev–Trinajstić information content (AvgIpc) is 2.93. The summed E-state index contributed by atoms with van der Waals surface area (Å²) in [6, 6.07) is 7.80. The molecule has 1 unspecified atom stereocenters. The molecule has 0 bridgehead atoms. The first-order chi connectivity index (χ1) is 9.76. The lowest BCUT2D eigenvalue weighted by Crippen LogP contribution is -2.23. The van der Waals surface area contributed by atoms with Crippen LogP contribution in [0.4, 0.5) is 11.6 Å². The largest absolute Gasteiger partial charge is 0.381 e. The summed E-state index contributed by atoms with van der Waals surface area (Å²) in [5.74, 6) is 1.86. The second-order valence-electron chi connectivity index (χ2n) is 5.37. The summed E-state index contributed by atoms with van der Waals surface area (Å²) in [5, 5.41) is 3.37. The van der Waals surface area contributed by atoms with Gasteiger partial charge in [-0.2, -0.15) is 0 Å². The SMILES string of the molecule is CCN1CCC(CNc2nc3ccccc3nc2N)C1. The van der Waals surface area contributed by atoms with E-state index in [0.717, 1.165) is 30.7 Å². The number of nitrogens with zero attached hydrogens (tertiary/aromatic N) is 3. The maximum atomic E-state index is 5.98. The molecule has 1 aromatic carbocycles. The minimum absolute atomic E-state index is 0.481. The average molecular weight is 271 g/mol. The van der Waals surface area contributed by atoms with Crippen LogP contribution in [0.5, 0.6) is 0 Å². The minimum atomic E-state index is 0.481. The van der Waals surface area contributed by atoms with Gasteiger partial charge >= 0.3 is 0 Å². The molecule has 5 nitrogen and oxygen atoms in total. The van der Waals surface area contributed by atoms with Gasteiger partial charge in [0.1, 0.15) is 0 Å². The number of hydrogen-bond donors (Lipinski definition) is 2. The highest BCUT2D eigenvalue weighted by Crippen LogP contribution is 2.20. The van der Waals surface area contributed by atoms with E-state index in [0.29, 0.717) is 17.6 Å². The molecule has 1 aliphatic rings. The third-order valence-corrected chi connectivity index (χ3v) is 3.97. The summed E-state index contributed by atoms with van der Waals surface area (Å²) in [5.41, 5.74) is 7.70. The van der Waals surface area contributed by atoms with E-state index in [9.17, 15) is 0 Å². The van der Waals surface area contributed by atoms with Crippen molar-refractivity contribution in [2.45, 2.75) is 13.3 Å². The topological polar surface area (TPSA) is 67.1 Å². The summed E-state index contributed by atoms with van der Waals surface area (Å²) < 4.78 is 0. The molecule has 1 atom stereocenters. The standard InChI is InChI=1S/C15H21N5/c1-2-20-8-7-11(10-20)9-17-15-14(16)18-12-5-3-4-6-13(12)19-15/h3-6,11H,2,7-10H2,1H3,(H2,16,18)(H,17,19). The van der Waals surface area contributed by atoms with E-state index in [1.54, 1.807) is 0 Å². The zero-order valence-electron chi connectivity index (χ0n) is 11.8. The molecule has 0 saturated carbocycles. The van der Waals surface area contributed by atoms with Gasteiger partial charge in [0.05, 0.1) is 11.0 Å². The van der Waals surface area contributed by atoms with Crippen molar-refractivity contribution >= 4 is 22.7 Å². The molecular formula is C15H21N5. The summed E-state index contributed by atoms with van der Waals surface area (Å²) in [7, 11) is 0. The van der Waals surface area contributed by atoms with Crippen LogP contribution in [-0.4, -0.2) is 41.0 Å². The number of fused-ring (bicyclic) bond motifs is 1. The fourth-order valence-electron chi connectivity index (χ4n) is 2.75. The monoisotopic (exact) mass is 271 g/mol. The van der Waals surface area contributed by atoms with Crippen LogP contribution in [0.3, 0.4) is 0 Å². The Morgan fingerprint density at radius 2 is 2.05 bits per heavy atom. The van der Waals surface area contributed by atoms with Crippen molar-refractivity contribution in [3.05, 3.63) is 24.3 Å². The van der Waals surface area contributed by atoms with E-state index in [-0.39, 0.29) is 0 Å². The molecule has 1 aromatic heterocycles. The molecule has 3 N–H and O–H groups in total. The predicted octanol–water partition coefficient (Wildman–Crippen LogP) is 1.97. The number of nitrogen functional groups attached to an aromatic ring is 1. The zero-order chi connectivity index (χ0) is 13.9. The van der Waals surface area contributed by atoms with Gasteiger partial charge in [-0.3, -0.25) is 0 Å². The second-order valence-corrected chi connectivity index (χ2v) is 5.37. The van der Waals surface area contributed by atoms with Crippen molar-refractivity contribution < 1.29 is 0 Å². The Hall–Kier alpha value is -1.88. The van der Waals surface area contributed by atoms with Crippen molar-refractivity contribution in [3.8, 4) is 0 Å². The number of para-hydroxylation sites is 2. The third kappa shape index (κ3) is 2.67. The van der Waals surface area contributed by atoms with Gasteiger partial charge in [-0.05, 0) is 37.6 Å². The molecule has 5 heteroatoms. The molecular weight excluding hydrogens is 250 g/mol. The van der Waals surface area contributed by atoms with Crippen LogP contribution in [-0.2, 0) is 0 Å². The molecule has 106 valence electrons. The maximum Gasteiger partial charge on any atom is 0.169 e.